The molecule has 0 spiro atoms. The van der Waals surface area contributed by atoms with Gasteiger partial charge in [0, 0.05) is 22.6 Å². The molecule has 1 aromatic carbocycles. The molecule has 0 heterocycles. The maximum atomic E-state index is 5.90. The van der Waals surface area contributed by atoms with Crippen LogP contribution in [0.15, 0.2) is 22.7 Å². The second-order valence-electron chi connectivity index (χ2n) is 4.12. The molecule has 90 valence electrons. The highest BCUT2D eigenvalue weighted by molar-refractivity contribution is 9.10. The molecule has 1 atom stereocenters. The van der Waals surface area contributed by atoms with E-state index in [4.69, 9.17) is 10.5 Å². The van der Waals surface area contributed by atoms with Crippen molar-refractivity contribution in [1.82, 2.24) is 4.90 Å². The number of hydrogen-bond acceptors (Lipinski definition) is 3. The molecule has 0 aliphatic rings. The molecule has 0 fully saturated rings. The van der Waals surface area contributed by atoms with Gasteiger partial charge >= 0.3 is 0 Å². The third kappa shape index (κ3) is 4.12. The maximum Gasteiger partial charge on any atom is 0.124 e. The zero-order chi connectivity index (χ0) is 12.1. The molecule has 0 aliphatic heterocycles. The summed E-state index contributed by atoms with van der Waals surface area (Å²) in [4.78, 5) is 2.09. The van der Waals surface area contributed by atoms with Crippen LogP contribution < -0.4 is 10.5 Å². The Kier molecular flexibility index (Phi) is 5.25. The van der Waals surface area contributed by atoms with Crippen LogP contribution in [0.25, 0.3) is 0 Å². The van der Waals surface area contributed by atoms with Gasteiger partial charge in [-0.25, -0.2) is 0 Å². The van der Waals surface area contributed by atoms with E-state index in [1.165, 1.54) is 0 Å². The maximum absolute atomic E-state index is 5.90. The van der Waals surface area contributed by atoms with E-state index in [0.29, 0.717) is 6.61 Å². The molecule has 0 saturated heterocycles. The van der Waals surface area contributed by atoms with Crippen LogP contribution in [0, 0.1) is 0 Å². The van der Waals surface area contributed by atoms with Crippen LogP contribution in [0.2, 0.25) is 0 Å². The van der Waals surface area contributed by atoms with Crippen LogP contribution in [0.1, 0.15) is 18.5 Å². The van der Waals surface area contributed by atoms with E-state index in [1.54, 1.807) is 0 Å². The lowest BCUT2D eigenvalue weighted by molar-refractivity contribution is 0.258. The van der Waals surface area contributed by atoms with Crippen LogP contribution in [0.3, 0.4) is 0 Å². The summed E-state index contributed by atoms with van der Waals surface area (Å²) in [5.41, 5.74) is 6.94. The Balaban J connectivity index is 2.71. The predicted octanol–water partition coefficient (Wildman–Crippen LogP) is 2.41. The second kappa shape index (κ2) is 6.23. The van der Waals surface area contributed by atoms with Crippen molar-refractivity contribution in [1.29, 1.82) is 0 Å². The molecule has 1 aromatic rings. The Morgan fingerprint density at radius 3 is 2.69 bits per heavy atom. The van der Waals surface area contributed by atoms with Crippen molar-refractivity contribution < 1.29 is 4.74 Å². The average Bonchev–Trinajstić information content (AvgIpc) is 2.19. The van der Waals surface area contributed by atoms with Gasteiger partial charge in [0.15, 0.2) is 0 Å². The molecule has 0 radical (unpaired) electrons. The van der Waals surface area contributed by atoms with Crippen LogP contribution in [0.4, 0.5) is 0 Å². The van der Waals surface area contributed by atoms with Gasteiger partial charge in [-0.3, -0.25) is 0 Å². The highest BCUT2D eigenvalue weighted by Crippen LogP contribution is 2.27. The summed E-state index contributed by atoms with van der Waals surface area (Å²) in [7, 11) is 4.05. The standard InChI is InChI=1S/C12H19BrN2O/c1-9(14)11-8-10(13)4-5-12(11)16-7-6-15(2)3/h4-5,8-9H,6-7,14H2,1-3H3/t9-/m0/s1. The Labute approximate surface area is 106 Å². The molecular formula is C12H19BrN2O. The summed E-state index contributed by atoms with van der Waals surface area (Å²) >= 11 is 3.44. The van der Waals surface area contributed by atoms with E-state index in [-0.39, 0.29) is 6.04 Å². The highest BCUT2D eigenvalue weighted by atomic mass is 79.9. The van der Waals surface area contributed by atoms with Gasteiger partial charge in [-0.2, -0.15) is 0 Å². The van der Waals surface area contributed by atoms with Crippen LogP contribution in [-0.2, 0) is 0 Å². The van der Waals surface area contributed by atoms with Crippen molar-refractivity contribution in [2.75, 3.05) is 27.2 Å². The first-order chi connectivity index (χ1) is 7.50. The third-order valence-electron chi connectivity index (χ3n) is 2.26. The minimum absolute atomic E-state index is 0.0214. The second-order valence-corrected chi connectivity index (χ2v) is 5.04. The number of rotatable bonds is 5. The smallest absolute Gasteiger partial charge is 0.124 e. The Bertz CT molecular complexity index is 340. The monoisotopic (exact) mass is 286 g/mol. The van der Waals surface area contributed by atoms with Crippen LogP contribution >= 0.6 is 15.9 Å². The quantitative estimate of drug-likeness (QED) is 0.904. The van der Waals surface area contributed by atoms with Crippen molar-refractivity contribution in [3.8, 4) is 5.75 Å². The molecule has 1 rings (SSSR count). The zero-order valence-corrected chi connectivity index (χ0v) is 11.6. The third-order valence-corrected chi connectivity index (χ3v) is 2.75. The SMILES string of the molecule is C[C@H](N)c1cc(Br)ccc1OCCN(C)C. The lowest BCUT2D eigenvalue weighted by Gasteiger charge is -2.16. The molecule has 0 aromatic heterocycles. The predicted molar refractivity (Wildman–Crippen MR) is 70.8 cm³/mol. The van der Waals surface area contributed by atoms with Gasteiger partial charge in [-0.1, -0.05) is 15.9 Å². The van der Waals surface area contributed by atoms with E-state index >= 15 is 0 Å². The number of halogens is 1. The van der Waals surface area contributed by atoms with Crippen molar-refractivity contribution in [3.63, 3.8) is 0 Å². The van der Waals surface area contributed by atoms with E-state index in [0.717, 1.165) is 22.3 Å². The molecule has 0 unspecified atom stereocenters. The number of nitrogens with two attached hydrogens (primary N) is 1. The summed E-state index contributed by atoms with van der Waals surface area (Å²) in [6, 6.07) is 5.91. The minimum Gasteiger partial charge on any atom is -0.492 e. The topological polar surface area (TPSA) is 38.5 Å². The number of benzene rings is 1. The van der Waals surface area contributed by atoms with Crippen molar-refractivity contribution in [3.05, 3.63) is 28.2 Å². The normalized spacial score (nSPS) is 12.9. The molecule has 2 N–H and O–H groups in total. The van der Waals surface area contributed by atoms with Crippen LogP contribution in [0.5, 0.6) is 5.75 Å². The van der Waals surface area contributed by atoms with Gasteiger partial charge < -0.3 is 15.4 Å². The average molecular weight is 287 g/mol. The summed E-state index contributed by atoms with van der Waals surface area (Å²) in [6.07, 6.45) is 0. The summed E-state index contributed by atoms with van der Waals surface area (Å²) < 4.78 is 6.75. The van der Waals surface area contributed by atoms with Crippen molar-refractivity contribution in [2.45, 2.75) is 13.0 Å². The van der Waals surface area contributed by atoms with Gasteiger partial charge in [-0.05, 0) is 39.2 Å². The fourth-order valence-electron chi connectivity index (χ4n) is 1.34. The lowest BCUT2D eigenvalue weighted by atomic mass is 10.1. The number of ether oxygens (including phenoxy) is 1. The van der Waals surface area contributed by atoms with Gasteiger partial charge in [0.2, 0.25) is 0 Å². The van der Waals surface area contributed by atoms with E-state index in [9.17, 15) is 0 Å². The number of likely N-dealkylation sites (N-methyl/N-ethyl adjacent to an activating group) is 1. The molecular weight excluding hydrogens is 268 g/mol. The van der Waals surface area contributed by atoms with Crippen LogP contribution in [-0.4, -0.2) is 32.1 Å². The fraction of sp³-hybridized carbons (Fsp3) is 0.500. The molecule has 0 saturated carbocycles. The first-order valence-electron chi connectivity index (χ1n) is 5.33. The molecule has 0 aliphatic carbocycles. The van der Waals surface area contributed by atoms with Gasteiger partial charge in [-0.15, -0.1) is 0 Å². The number of hydrogen-bond donors (Lipinski definition) is 1. The fourth-order valence-corrected chi connectivity index (χ4v) is 1.72. The van der Waals surface area contributed by atoms with E-state index in [2.05, 4.69) is 20.8 Å². The minimum atomic E-state index is -0.0214. The van der Waals surface area contributed by atoms with E-state index < -0.39 is 0 Å². The largest absolute Gasteiger partial charge is 0.492 e. The zero-order valence-electron chi connectivity index (χ0n) is 10.0. The molecule has 4 heteroatoms. The molecule has 16 heavy (non-hydrogen) atoms. The summed E-state index contributed by atoms with van der Waals surface area (Å²) in [5, 5.41) is 0. The highest BCUT2D eigenvalue weighted by Gasteiger charge is 2.08. The van der Waals surface area contributed by atoms with Crippen molar-refractivity contribution >= 4 is 15.9 Å². The van der Waals surface area contributed by atoms with Gasteiger partial charge in [0.05, 0.1) is 0 Å². The first-order valence-corrected chi connectivity index (χ1v) is 6.12. The molecule has 0 amide bonds. The summed E-state index contributed by atoms with van der Waals surface area (Å²) in [5.74, 6) is 0.875. The summed E-state index contributed by atoms with van der Waals surface area (Å²) in [6.45, 7) is 3.53. The Morgan fingerprint density at radius 1 is 1.44 bits per heavy atom. The van der Waals surface area contributed by atoms with Gasteiger partial charge in [0.25, 0.3) is 0 Å². The van der Waals surface area contributed by atoms with Crippen molar-refractivity contribution in [2.24, 2.45) is 5.73 Å². The first kappa shape index (κ1) is 13.5. The lowest BCUT2D eigenvalue weighted by Crippen LogP contribution is -2.20. The van der Waals surface area contributed by atoms with Gasteiger partial charge in [0.1, 0.15) is 12.4 Å². The van der Waals surface area contributed by atoms with E-state index in [1.807, 2.05) is 39.2 Å². The Hall–Kier alpha value is -0.580. The molecule has 3 nitrogen and oxygen atoms in total. The number of nitrogens with zero attached hydrogens (tertiary/aromatic N) is 1. The Morgan fingerprint density at radius 2 is 2.12 bits per heavy atom. The molecule has 0 bridgehead atoms.